The molecule has 0 atom stereocenters. The zero-order chi connectivity index (χ0) is 13.1. The highest BCUT2D eigenvalue weighted by atomic mass is 32.1. The van der Waals surface area contributed by atoms with Crippen molar-refractivity contribution in [2.75, 3.05) is 5.32 Å². The molecular formula is C13H12N4OS. The average Bonchev–Trinajstić information content (AvgIpc) is 3.07. The maximum atomic E-state index is 11.7. The number of nitrogens with zero attached hydrogens (tertiary/aromatic N) is 1. The molecular weight excluding hydrogens is 260 g/mol. The van der Waals surface area contributed by atoms with E-state index in [0.717, 1.165) is 21.6 Å². The number of fused-ring (bicyclic) bond motifs is 1. The predicted octanol–water partition coefficient (Wildman–Crippen LogP) is 2.95. The summed E-state index contributed by atoms with van der Waals surface area (Å²) < 4.78 is 0. The van der Waals surface area contributed by atoms with Crippen molar-refractivity contribution in [1.29, 1.82) is 0 Å². The second-order valence-electron chi connectivity index (χ2n) is 4.02. The zero-order valence-electron chi connectivity index (χ0n) is 10.0. The molecule has 0 saturated heterocycles. The van der Waals surface area contributed by atoms with Gasteiger partial charge in [-0.1, -0.05) is 6.07 Å². The lowest BCUT2D eigenvalue weighted by atomic mass is 10.3. The number of urea groups is 1. The Morgan fingerprint density at radius 2 is 2.32 bits per heavy atom. The van der Waals surface area contributed by atoms with E-state index in [1.807, 2.05) is 35.7 Å². The van der Waals surface area contributed by atoms with Crippen molar-refractivity contribution in [2.45, 2.75) is 6.54 Å². The molecule has 0 fully saturated rings. The van der Waals surface area contributed by atoms with Gasteiger partial charge in [0.05, 0.1) is 23.9 Å². The summed E-state index contributed by atoms with van der Waals surface area (Å²) in [6.07, 6.45) is 1.63. The van der Waals surface area contributed by atoms with Gasteiger partial charge >= 0.3 is 6.03 Å². The van der Waals surface area contributed by atoms with Crippen LogP contribution >= 0.6 is 11.3 Å². The molecule has 0 aliphatic carbocycles. The normalized spacial score (nSPS) is 10.5. The summed E-state index contributed by atoms with van der Waals surface area (Å²) in [5.41, 5.74) is 2.51. The number of benzene rings is 1. The van der Waals surface area contributed by atoms with Crippen LogP contribution in [-0.2, 0) is 6.54 Å². The molecule has 2 amide bonds. The number of hydrogen-bond donors (Lipinski definition) is 3. The SMILES string of the molecule is O=C(NCc1cccs1)Nc1ccc2nc[nH]c2c1. The lowest BCUT2D eigenvalue weighted by molar-refractivity contribution is 0.252. The first kappa shape index (κ1) is 11.7. The predicted molar refractivity (Wildman–Crippen MR) is 76.3 cm³/mol. The molecule has 96 valence electrons. The highest BCUT2D eigenvalue weighted by molar-refractivity contribution is 7.09. The summed E-state index contributed by atoms with van der Waals surface area (Å²) in [6, 6.07) is 9.28. The third kappa shape index (κ3) is 2.74. The molecule has 1 aromatic carbocycles. The van der Waals surface area contributed by atoms with Gasteiger partial charge in [-0.15, -0.1) is 11.3 Å². The lowest BCUT2D eigenvalue weighted by Crippen LogP contribution is -2.27. The molecule has 5 nitrogen and oxygen atoms in total. The first-order valence-electron chi connectivity index (χ1n) is 5.81. The van der Waals surface area contributed by atoms with Gasteiger partial charge in [-0.05, 0) is 29.6 Å². The second kappa shape index (κ2) is 5.11. The van der Waals surface area contributed by atoms with E-state index < -0.39 is 0 Å². The average molecular weight is 272 g/mol. The van der Waals surface area contributed by atoms with E-state index in [0.29, 0.717) is 6.54 Å². The van der Waals surface area contributed by atoms with Crippen LogP contribution in [0.4, 0.5) is 10.5 Å². The first-order valence-corrected chi connectivity index (χ1v) is 6.69. The Morgan fingerprint density at radius 3 is 3.16 bits per heavy atom. The Kier molecular flexibility index (Phi) is 3.16. The summed E-state index contributed by atoms with van der Waals surface area (Å²) in [7, 11) is 0. The van der Waals surface area contributed by atoms with Crippen molar-refractivity contribution in [1.82, 2.24) is 15.3 Å². The van der Waals surface area contributed by atoms with Crippen molar-refractivity contribution in [3.05, 3.63) is 46.9 Å². The fourth-order valence-corrected chi connectivity index (χ4v) is 2.41. The van der Waals surface area contributed by atoms with Gasteiger partial charge in [0.15, 0.2) is 0 Å². The highest BCUT2D eigenvalue weighted by Gasteiger charge is 2.03. The van der Waals surface area contributed by atoms with Crippen LogP contribution in [0.3, 0.4) is 0 Å². The largest absolute Gasteiger partial charge is 0.345 e. The third-order valence-electron chi connectivity index (χ3n) is 2.68. The molecule has 0 aliphatic heterocycles. The molecule has 19 heavy (non-hydrogen) atoms. The number of carbonyl (C=O) groups is 1. The number of carbonyl (C=O) groups excluding carboxylic acids is 1. The van der Waals surface area contributed by atoms with Crippen LogP contribution in [0, 0.1) is 0 Å². The maximum absolute atomic E-state index is 11.7. The molecule has 0 spiro atoms. The van der Waals surface area contributed by atoms with Gasteiger partial charge in [-0.2, -0.15) is 0 Å². The molecule has 3 aromatic rings. The number of H-pyrrole nitrogens is 1. The number of amides is 2. The molecule has 0 unspecified atom stereocenters. The van der Waals surface area contributed by atoms with E-state index in [4.69, 9.17) is 0 Å². The smallest absolute Gasteiger partial charge is 0.319 e. The van der Waals surface area contributed by atoms with E-state index in [1.165, 1.54) is 0 Å². The second-order valence-corrected chi connectivity index (χ2v) is 5.05. The van der Waals surface area contributed by atoms with Crippen LogP contribution < -0.4 is 10.6 Å². The molecule has 6 heteroatoms. The fourth-order valence-electron chi connectivity index (χ4n) is 1.77. The number of imidazole rings is 1. The van der Waals surface area contributed by atoms with Crippen LogP contribution in [0.1, 0.15) is 4.88 Å². The number of nitrogens with one attached hydrogen (secondary N) is 3. The molecule has 2 aromatic heterocycles. The Morgan fingerprint density at radius 1 is 1.37 bits per heavy atom. The Labute approximate surface area is 113 Å². The summed E-state index contributed by atoms with van der Waals surface area (Å²) >= 11 is 1.62. The van der Waals surface area contributed by atoms with Crippen LogP contribution in [0.15, 0.2) is 42.0 Å². The van der Waals surface area contributed by atoms with Gasteiger partial charge in [0.25, 0.3) is 0 Å². The summed E-state index contributed by atoms with van der Waals surface area (Å²) in [6.45, 7) is 0.538. The van der Waals surface area contributed by atoms with Crippen molar-refractivity contribution in [2.24, 2.45) is 0 Å². The Bertz CT molecular complexity index is 690. The minimum absolute atomic E-state index is 0.215. The Balaban J connectivity index is 1.62. The maximum Gasteiger partial charge on any atom is 0.319 e. The fraction of sp³-hybridized carbons (Fsp3) is 0.0769. The number of anilines is 1. The van der Waals surface area contributed by atoms with E-state index in [2.05, 4.69) is 20.6 Å². The number of aromatic amines is 1. The van der Waals surface area contributed by atoms with E-state index >= 15 is 0 Å². The minimum atomic E-state index is -0.215. The minimum Gasteiger partial charge on any atom is -0.345 e. The van der Waals surface area contributed by atoms with Gasteiger partial charge in [0.1, 0.15) is 0 Å². The van der Waals surface area contributed by atoms with Gasteiger partial charge in [0.2, 0.25) is 0 Å². The molecule has 0 bridgehead atoms. The van der Waals surface area contributed by atoms with Crippen molar-refractivity contribution in [3.8, 4) is 0 Å². The van der Waals surface area contributed by atoms with Crippen molar-refractivity contribution in [3.63, 3.8) is 0 Å². The number of rotatable bonds is 3. The van der Waals surface area contributed by atoms with Crippen LogP contribution in [0.25, 0.3) is 11.0 Å². The summed E-state index contributed by atoms with van der Waals surface area (Å²) in [5.74, 6) is 0. The van der Waals surface area contributed by atoms with Crippen LogP contribution in [-0.4, -0.2) is 16.0 Å². The quantitative estimate of drug-likeness (QED) is 0.686. The summed E-state index contributed by atoms with van der Waals surface area (Å²) in [4.78, 5) is 20.0. The van der Waals surface area contributed by atoms with Gasteiger partial charge < -0.3 is 15.6 Å². The van der Waals surface area contributed by atoms with Crippen LogP contribution in [0.5, 0.6) is 0 Å². The van der Waals surface area contributed by atoms with Gasteiger partial charge in [0, 0.05) is 10.6 Å². The topological polar surface area (TPSA) is 69.8 Å². The van der Waals surface area contributed by atoms with Gasteiger partial charge in [-0.25, -0.2) is 9.78 Å². The van der Waals surface area contributed by atoms with Gasteiger partial charge in [-0.3, -0.25) is 0 Å². The molecule has 0 aliphatic rings. The van der Waals surface area contributed by atoms with E-state index in [9.17, 15) is 4.79 Å². The zero-order valence-corrected chi connectivity index (χ0v) is 10.8. The standard InChI is InChI=1S/C13H12N4OS/c18-13(14-7-10-2-1-5-19-10)17-9-3-4-11-12(6-9)16-8-15-11/h1-6,8H,7H2,(H,15,16)(H2,14,17,18). The molecule has 3 N–H and O–H groups in total. The molecule has 3 rings (SSSR count). The number of thiophene rings is 1. The number of hydrogen-bond acceptors (Lipinski definition) is 3. The van der Waals surface area contributed by atoms with Crippen molar-refractivity contribution >= 4 is 34.1 Å². The first-order chi connectivity index (χ1) is 9.31. The molecule has 2 heterocycles. The molecule has 0 saturated carbocycles. The number of aromatic nitrogens is 2. The van der Waals surface area contributed by atoms with Crippen LogP contribution in [0.2, 0.25) is 0 Å². The lowest BCUT2D eigenvalue weighted by Gasteiger charge is -2.06. The summed E-state index contributed by atoms with van der Waals surface area (Å²) in [5, 5.41) is 7.59. The van der Waals surface area contributed by atoms with E-state index in [-0.39, 0.29) is 6.03 Å². The monoisotopic (exact) mass is 272 g/mol. The molecule has 0 radical (unpaired) electrons. The van der Waals surface area contributed by atoms with Crippen molar-refractivity contribution < 1.29 is 4.79 Å². The highest BCUT2D eigenvalue weighted by Crippen LogP contribution is 2.15. The Hall–Kier alpha value is -2.34. The third-order valence-corrected chi connectivity index (χ3v) is 3.56. The van der Waals surface area contributed by atoms with E-state index in [1.54, 1.807) is 17.7 Å².